The molecule has 5 rings (SSSR count). The van der Waals surface area contributed by atoms with Gasteiger partial charge in [-0.15, -0.1) is 15.3 Å². The molecule has 0 aliphatic rings. The second-order valence-electron chi connectivity index (χ2n) is 6.58. The monoisotopic (exact) mass is 415 g/mol. The summed E-state index contributed by atoms with van der Waals surface area (Å²) in [7, 11) is 0. The van der Waals surface area contributed by atoms with E-state index in [-0.39, 0.29) is 24.8 Å². The topological polar surface area (TPSA) is 123 Å². The fourth-order valence-corrected chi connectivity index (χ4v) is 3.02. The van der Waals surface area contributed by atoms with Crippen LogP contribution in [0.15, 0.2) is 71.3 Å². The van der Waals surface area contributed by atoms with Gasteiger partial charge in [0.2, 0.25) is 5.88 Å². The van der Waals surface area contributed by atoms with Crippen LogP contribution in [0.4, 0.5) is 0 Å². The molecule has 10 heteroatoms. The van der Waals surface area contributed by atoms with Crippen LogP contribution in [0.2, 0.25) is 0 Å². The molecule has 0 bridgehead atoms. The lowest BCUT2D eigenvalue weighted by Gasteiger charge is -2.07. The Bertz CT molecular complexity index is 1310. The van der Waals surface area contributed by atoms with Crippen molar-refractivity contribution >= 4 is 11.6 Å². The van der Waals surface area contributed by atoms with Crippen molar-refractivity contribution in [1.29, 1.82) is 0 Å². The zero-order valence-corrected chi connectivity index (χ0v) is 16.2. The average Bonchev–Trinajstić information content (AvgIpc) is 3.57. The summed E-state index contributed by atoms with van der Waals surface area (Å²) in [6, 6.07) is 18.3. The predicted molar refractivity (Wildman–Crippen MR) is 110 cm³/mol. The normalized spacial score (nSPS) is 11.0. The number of nitrogens with zero attached hydrogens (tertiary/aromatic N) is 5. The standard InChI is InChI=1S/C21H17N7O3/c29-21(16-13-15(23-24-16)17-7-4-11-30-17)22-10-12-31-19-9-8-18-25-26-20(28(18)27-19)14-5-2-1-3-6-14/h1-9,11,13H,10,12H2,(H,22,29)(H,23,24). The summed E-state index contributed by atoms with van der Waals surface area (Å²) in [4.78, 5) is 12.3. The van der Waals surface area contributed by atoms with E-state index < -0.39 is 0 Å². The van der Waals surface area contributed by atoms with Gasteiger partial charge in [-0.2, -0.15) is 9.61 Å². The third-order valence-electron chi connectivity index (χ3n) is 4.51. The van der Waals surface area contributed by atoms with Crippen molar-refractivity contribution in [1.82, 2.24) is 35.3 Å². The molecular weight excluding hydrogens is 398 g/mol. The average molecular weight is 415 g/mol. The first-order chi connectivity index (χ1) is 15.3. The number of rotatable bonds is 7. The third kappa shape index (κ3) is 3.86. The van der Waals surface area contributed by atoms with E-state index in [1.165, 1.54) is 0 Å². The summed E-state index contributed by atoms with van der Waals surface area (Å²) in [5.74, 6) is 1.32. The summed E-state index contributed by atoms with van der Waals surface area (Å²) in [6.45, 7) is 0.526. The SMILES string of the molecule is O=C(NCCOc1ccc2nnc(-c3ccccc3)n2n1)c1cc(-c2ccco2)[nH]n1. The van der Waals surface area contributed by atoms with Gasteiger partial charge in [0.1, 0.15) is 12.3 Å². The van der Waals surface area contributed by atoms with Crippen LogP contribution < -0.4 is 10.1 Å². The number of furan rings is 1. The minimum atomic E-state index is -0.314. The first-order valence-electron chi connectivity index (χ1n) is 9.56. The molecule has 0 aliphatic heterocycles. The van der Waals surface area contributed by atoms with Crippen molar-refractivity contribution in [3.8, 4) is 28.7 Å². The molecule has 154 valence electrons. The molecule has 0 atom stereocenters. The number of H-pyrrole nitrogens is 1. The third-order valence-corrected chi connectivity index (χ3v) is 4.51. The van der Waals surface area contributed by atoms with E-state index in [9.17, 15) is 4.79 Å². The van der Waals surface area contributed by atoms with Gasteiger partial charge in [0.05, 0.1) is 12.8 Å². The van der Waals surface area contributed by atoms with Gasteiger partial charge >= 0.3 is 0 Å². The summed E-state index contributed by atoms with van der Waals surface area (Å²) >= 11 is 0. The zero-order valence-electron chi connectivity index (χ0n) is 16.2. The van der Waals surface area contributed by atoms with E-state index in [1.807, 2.05) is 30.3 Å². The van der Waals surface area contributed by atoms with Gasteiger partial charge in [-0.1, -0.05) is 30.3 Å². The van der Waals surface area contributed by atoms with Gasteiger partial charge in [0.15, 0.2) is 22.9 Å². The molecule has 0 radical (unpaired) electrons. The van der Waals surface area contributed by atoms with Gasteiger partial charge in [-0.25, -0.2) is 0 Å². The van der Waals surface area contributed by atoms with Gasteiger partial charge in [0, 0.05) is 17.7 Å². The Morgan fingerprint density at radius 2 is 2.00 bits per heavy atom. The number of amides is 1. The fourth-order valence-electron chi connectivity index (χ4n) is 3.02. The molecule has 0 fully saturated rings. The molecule has 5 aromatic rings. The quantitative estimate of drug-likeness (QED) is 0.392. The van der Waals surface area contributed by atoms with Crippen molar-refractivity contribution in [3.63, 3.8) is 0 Å². The molecule has 31 heavy (non-hydrogen) atoms. The fraction of sp³-hybridized carbons (Fsp3) is 0.0952. The van der Waals surface area contributed by atoms with Crippen LogP contribution in [0.1, 0.15) is 10.5 Å². The number of aromatic amines is 1. The molecule has 4 aromatic heterocycles. The van der Waals surface area contributed by atoms with Crippen LogP contribution in [0.5, 0.6) is 5.88 Å². The van der Waals surface area contributed by atoms with Crippen LogP contribution in [0.25, 0.3) is 28.5 Å². The molecular formula is C21H17N7O3. The number of hydrogen-bond acceptors (Lipinski definition) is 7. The highest BCUT2D eigenvalue weighted by Gasteiger charge is 2.13. The first kappa shape index (κ1) is 18.6. The number of fused-ring (bicyclic) bond motifs is 1. The van der Waals surface area contributed by atoms with Crippen molar-refractivity contribution < 1.29 is 13.9 Å². The number of ether oxygens (including phenoxy) is 1. The summed E-state index contributed by atoms with van der Waals surface area (Å²) < 4.78 is 12.6. The van der Waals surface area contributed by atoms with E-state index in [2.05, 4.69) is 30.8 Å². The molecule has 4 heterocycles. The number of carbonyl (C=O) groups excluding carboxylic acids is 1. The minimum Gasteiger partial charge on any atom is -0.475 e. The van der Waals surface area contributed by atoms with E-state index in [0.717, 1.165) is 5.56 Å². The van der Waals surface area contributed by atoms with Crippen molar-refractivity contribution in [2.45, 2.75) is 0 Å². The Morgan fingerprint density at radius 1 is 1.10 bits per heavy atom. The predicted octanol–water partition coefficient (Wildman–Crippen LogP) is 2.58. The van der Waals surface area contributed by atoms with Crippen LogP contribution in [-0.4, -0.2) is 49.1 Å². The van der Waals surface area contributed by atoms with Crippen molar-refractivity contribution in [3.05, 3.63) is 72.6 Å². The highest BCUT2D eigenvalue weighted by Crippen LogP contribution is 2.19. The lowest BCUT2D eigenvalue weighted by atomic mass is 10.2. The van der Waals surface area contributed by atoms with Crippen LogP contribution >= 0.6 is 0 Å². The van der Waals surface area contributed by atoms with Crippen molar-refractivity contribution in [2.24, 2.45) is 0 Å². The molecule has 1 amide bonds. The maximum Gasteiger partial charge on any atom is 0.271 e. The molecule has 10 nitrogen and oxygen atoms in total. The smallest absolute Gasteiger partial charge is 0.271 e. The second-order valence-corrected chi connectivity index (χ2v) is 6.58. The van der Waals surface area contributed by atoms with Gasteiger partial charge < -0.3 is 14.5 Å². The Balaban J connectivity index is 1.19. The van der Waals surface area contributed by atoms with Gasteiger partial charge in [0.25, 0.3) is 5.91 Å². The van der Waals surface area contributed by atoms with E-state index in [0.29, 0.717) is 28.8 Å². The Morgan fingerprint density at radius 3 is 2.84 bits per heavy atom. The summed E-state index contributed by atoms with van der Waals surface area (Å²) in [5, 5.41) is 22.3. The highest BCUT2D eigenvalue weighted by atomic mass is 16.5. The Kier molecular flexibility index (Phi) is 4.85. The number of aromatic nitrogens is 6. The van der Waals surface area contributed by atoms with Crippen LogP contribution in [-0.2, 0) is 0 Å². The number of benzene rings is 1. The molecule has 0 saturated carbocycles. The Hall–Kier alpha value is -4.47. The summed E-state index contributed by atoms with van der Waals surface area (Å²) in [6.07, 6.45) is 1.56. The van der Waals surface area contributed by atoms with Gasteiger partial charge in [-0.3, -0.25) is 9.89 Å². The highest BCUT2D eigenvalue weighted by molar-refractivity contribution is 5.93. The number of nitrogens with one attached hydrogen (secondary N) is 2. The molecule has 2 N–H and O–H groups in total. The van der Waals surface area contributed by atoms with Crippen LogP contribution in [0, 0.1) is 0 Å². The lowest BCUT2D eigenvalue weighted by Crippen LogP contribution is -2.28. The number of carbonyl (C=O) groups is 1. The van der Waals surface area contributed by atoms with E-state index in [4.69, 9.17) is 9.15 Å². The van der Waals surface area contributed by atoms with Crippen molar-refractivity contribution in [2.75, 3.05) is 13.2 Å². The van der Waals surface area contributed by atoms with Gasteiger partial charge in [-0.05, 0) is 18.2 Å². The molecule has 0 aliphatic carbocycles. The van der Waals surface area contributed by atoms with E-state index in [1.54, 1.807) is 41.1 Å². The summed E-state index contributed by atoms with van der Waals surface area (Å²) in [5.41, 5.74) is 2.42. The Labute approximate surface area is 175 Å². The first-order valence-corrected chi connectivity index (χ1v) is 9.56. The van der Waals surface area contributed by atoms with Crippen LogP contribution in [0.3, 0.4) is 0 Å². The van der Waals surface area contributed by atoms with E-state index >= 15 is 0 Å². The molecule has 0 unspecified atom stereocenters. The second kappa shape index (κ2) is 8.11. The maximum absolute atomic E-state index is 12.3. The molecule has 0 saturated heterocycles. The largest absolute Gasteiger partial charge is 0.475 e. The number of hydrogen-bond donors (Lipinski definition) is 2. The minimum absolute atomic E-state index is 0.239. The maximum atomic E-state index is 12.3. The lowest BCUT2D eigenvalue weighted by molar-refractivity contribution is 0.0941. The zero-order chi connectivity index (χ0) is 21.0. The molecule has 1 aromatic carbocycles. The molecule has 0 spiro atoms.